The summed E-state index contributed by atoms with van der Waals surface area (Å²) in [5, 5.41) is 7.10. The van der Waals surface area contributed by atoms with E-state index in [9.17, 15) is 13.2 Å². The third kappa shape index (κ3) is 4.88. The van der Waals surface area contributed by atoms with E-state index in [0.29, 0.717) is 0 Å². The summed E-state index contributed by atoms with van der Waals surface area (Å²) in [4.78, 5) is 0. The van der Waals surface area contributed by atoms with Gasteiger partial charge in [0.2, 0.25) is 11.9 Å². The number of para-hydroxylation sites is 1. The Labute approximate surface area is 141 Å². The number of aromatic amines is 1. The van der Waals surface area contributed by atoms with Gasteiger partial charge in [-0.15, -0.1) is 4.68 Å². The van der Waals surface area contributed by atoms with Crippen LogP contribution in [0.4, 0.5) is 13.2 Å². The number of rotatable bonds is 2. The van der Waals surface area contributed by atoms with Crippen molar-refractivity contribution in [2.24, 2.45) is 0 Å². The molecule has 0 radical (unpaired) electrons. The first-order valence-electron chi connectivity index (χ1n) is 6.78. The highest BCUT2D eigenvalue weighted by Crippen LogP contribution is 2.20. The zero-order chi connectivity index (χ0) is 18.5. The topological polar surface area (TPSA) is 89.8 Å². The van der Waals surface area contributed by atoms with E-state index in [2.05, 4.69) is 22.4 Å². The van der Waals surface area contributed by atoms with Crippen molar-refractivity contribution in [2.75, 3.05) is 0 Å². The monoisotopic (exact) mass is 371 g/mol. The lowest BCUT2D eigenvalue weighted by Gasteiger charge is -2.08. The molecule has 0 aliphatic rings. The lowest BCUT2D eigenvalue weighted by atomic mass is 10.1. The number of alkyl halides is 3. The fraction of sp³-hybridized carbons (Fsp3) is 0.0667. The molecular weight excluding hydrogens is 359 g/mol. The van der Waals surface area contributed by atoms with E-state index in [1.54, 1.807) is 0 Å². The number of nitrogens with zero attached hydrogens (tertiary/aromatic N) is 2. The highest BCUT2D eigenvalue weighted by atomic mass is 32.2. The lowest BCUT2D eigenvalue weighted by Crippen LogP contribution is -2.34. The van der Waals surface area contributed by atoms with Crippen LogP contribution in [0.5, 0.6) is 0 Å². The van der Waals surface area contributed by atoms with Crippen LogP contribution in [0.15, 0.2) is 66.9 Å². The van der Waals surface area contributed by atoms with Crippen LogP contribution in [-0.2, 0) is 10.1 Å². The molecule has 25 heavy (non-hydrogen) atoms. The average molecular weight is 371 g/mol. The number of nitrogens with one attached hydrogen (secondary N) is 1. The second kappa shape index (κ2) is 7.45. The smallest absolute Gasteiger partial charge is 0.485 e. The SMILES string of the molecule is O=S(=O)([O-])C(F)(F)F.c1ccc(-c2cn[nH][n+]2-c2ccccc2)cc1. The summed E-state index contributed by atoms with van der Waals surface area (Å²) in [6.07, 6.45) is 1.84. The molecule has 3 aromatic rings. The Hall–Kier alpha value is -2.72. The Bertz CT molecular complexity index is 857. The van der Waals surface area contributed by atoms with Crippen molar-refractivity contribution in [1.29, 1.82) is 0 Å². The summed E-state index contributed by atoms with van der Waals surface area (Å²) >= 11 is 0. The van der Waals surface area contributed by atoms with Crippen molar-refractivity contribution < 1.29 is 30.8 Å². The van der Waals surface area contributed by atoms with E-state index in [4.69, 9.17) is 13.0 Å². The van der Waals surface area contributed by atoms with Crippen LogP contribution >= 0.6 is 0 Å². The van der Waals surface area contributed by atoms with Crippen LogP contribution in [0.2, 0.25) is 0 Å². The maximum Gasteiger partial charge on any atom is 0.485 e. The predicted molar refractivity (Wildman–Crippen MR) is 81.3 cm³/mol. The summed E-state index contributed by atoms with van der Waals surface area (Å²) in [6.45, 7) is 0. The van der Waals surface area contributed by atoms with E-state index in [0.717, 1.165) is 16.9 Å². The molecule has 1 N–H and O–H groups in total. The van der Waals surface area contributed by atoms with E-state index in [-0.39, 0.29) is 0 Å². The molecule has 0 unspecified atom stereocenters. The van der Waals surface area contributed by atoms with Gasteiger partial charge >= 0.3 is 5.51 Å². The minimum atomic E-state index is -6.09. The molecule has 0 bridgehead atoms. The molecule has 10 heteroatoms. The third-order valence-corrected chi connectivity index (χ3v) is 3.52. The molecule has 1 heterocycles. The Kier molecular flexibility index (Phi) is 5.55. The van der Waals surface area contributed by atoms with E-state index in [1.165, 1.54) is 0 Å². The zero-order valence-electron chi connectivity index (χ0n) is 12.5. The highest BCUT2D eigenvalue weighted by molar-refractivity contribution is 7.86. The maximum absolute atomic E-state index is 10.7. The van der Waals surface area contributed by atoms with Crippen LogP contribution in [-0.4, -0.2) is 28.8 Å². The van der Waals surface area contributed by atoms with Gasteiger partial charge in [-0.1, -0.05) is 53.7 Å². The van der Waals surface area contributed by atoms with E-state index >= 15 is 0 Å². The second-order valence-corrected chi connectivity index (χ2v) is 6.05. The predicted octanol–water partition coefficient (Wildman–Crippen LogP) is 2.40. The van der Waals surface area contributed by atoms with Crippen LogP contribution in [0.25, 0.3) is 16.9 Å². The number of benzene rings is 2. The largest absolute Gasteiger partial charge is 0.741 e. The molecule has 6 nitrogen and oxygen atoms in total. The molecule has 0 aliphatic carbocycles. The minimum Gasteiger partial charge on any atom is -0.741 e. The quantitative estimate of drug-likeness (QED) is 0.426. The summed E-state index contributed by atoms with van der Waals surface area (Å²) in [6, 6.07) is 20.3. The maximum atomic E-state index is 10.7. The second-order valence-electron chi connectivity index (χ2n) is 4.68. The van der Waals surface area contributed by atoms with Crippen molar-refractivity contribution in [3.63, 3.8) is 0 Å². The van der Waals surface area contributed by atoms with Gasteiger partial charge in [0, 0.05) is 10.7 Å². The molecule has 1 aromatic heterocycles. The standard InChI is InChI=1S/C14H11N3.CHF3O3S/c1-3-7-12(8-4-1)14-11-15-16-17(14)13-9-5-2-6-10-13;2-1(3,4)8(5,6)7/h1-11H;(H,5,6,7). The first kappa shape index (κ1) is 18.6. The number of H-pyrrole nitrogens is 1. The molecule has 132 valence electrons. The number of hydrogen-bond acceptors (Lipinski definition) is 4. The molecule has 3 rings (SSSR count). The summed E-state index contributed by atoms with van der Waals surface area (Å²) in [7, 11) is -6.09. The summed E-state index contributed by atoms with van der Waals surface area (Å²) in [5.74, 6) is 0. The molecule has 0 amide bonds. The van der Waals surface area contributed by atoms with Crippen molar-refractivity contribution in [3.8, 4) is 16.9 Å². The van der Waals surface area contributed by atoms with Crippen molar-refractivity contribution in [1.82, 2.24) is 10.3 Å². The van der Waals surface area contributed by atoms with Gasteiger partial charge in [-0.3, -0.25) is 0 Å². The van der Waals surface area contributed by atoms with Crippen molar-refractivity contribution in [3.05, 3.63) is 66.9 Å². The number of halogens is 3. The Morgan fingerprint density at radius 1 is 0.960 bits per heavy atom. The molecule has 0 saturated heterocycles. The fourth-order valence-corrected chi connectivity index (χ4v) is 1.85. The third-order valence-electron chi connectivity index (χ3n) is 2.95. The number of aromatic nitrogens is 3. The molecule has 2 aromatic carbocycles. The Morgan fingerprint density at radius 2 is 1.44 bits per heavy atom. The first-order chi connectivity index (χ1) is 11.7. The van der Waals surface area contributed by atoms with Crippen molar-refractivity contribution in [2.45, 2.75) is 5.51 Å². The summed E-state index contributed by atoms with van der Waals surface area (Å²) in [5.41, 5.74) is -2.38. The molecule has 0 saturated carbocycles. The van der Waals surface area contributed by atoms with Gasteiger partial charge in [-0.25, -0.2) is 8.42 Å². The van der Waals surface area contributed by atoms with E-state index < -0.39 is 15.6 Å². The Balaban J connectivity index is 0.000000242. The van der Waals surface area contributed by atoms with Gasteiger partial charge in [0.15, 0.2) is 15.8 Å². The molecule has 0 atom stereocenters. The van der Waals surface area contributed by atoms with Gasteiger partial charge in [0.25, 0.3) is 0 Å². The molecular formula is C15H12F3N3O3S. The van der Waals surface area contributed by atoms with Gasteiger partial charge in [0.1, 0.15) is 0 Å². The van der Waals surface area contributed by atoms with E-state index in [1.807, 2.05) is 59.4 Å². The molecule has 0 aliphatic heterocycles. The Morgan fingerprint density at radius 3 is 1.92 bits per heavy atom. The minimum absolute atomic E-state index is 1.05. The fourth-order valence-electron chi connectivity index (χ4n) is 1.85. The van der Waals surface area contributed by atoms with Crippen LogP contribution < -0.4 is 4.68 Å². The average Bonchev–Trinajstić information content (AvgIpc) is 3.05. The lowest BCUT2D eigenvalue weighted by molar-refractivity contribution is -0.648. The van der Waals surface area contributed by atoms with Crippen LogP contribution in [0.3, 0.4) is 0 Å². The highest BCUT2D eigenvalue weighted by Gasteiger charge is 2.36. The van der Waals surface area contributed by atoms with Gasteiger partial charge in [-0.2, -0.15) is 13.2 Å². The number of hydrogen-bond donors (Lipinski definition) is 1. The molecule has 0 spiro atoms. The molecule has 0 fully saturated rings. The zero-order valence-corrected chi connectivity index (χ0v) is 13.3. The normalized spacial score (nSPS) is 11.5. The van der Waals surface area contributed by atoms with Gasteiger partial charge in [0.05, 0.1) is 0 Å². The van der Waals surface area contributed by atoms with Crippen LogP contribution in [0.1, 0.15) is 0 Å². The summed E-state index contributed by atoms with van der Waals surface area (Å²) < 4.78 is 60.9. The van der Waals surface area contributed by atoms with Crippen molar-refractivity contribution >= 4 is 10.1 Å². The van der Waals surface area contributed by atoms with Crippen LogP contribution in [0, 0.1) is 0 Å². The van der Waals surface area contributed by atoms with Gasteiger partial charge < -0.3 is 4.55 Å². The van der Waals surface area contributed by atoms with Gasteiger partial charge in [-0.05, 0) is 12.1 Å². The first-order valence-corrected chi connectivity index (χ1v) is 8.19.